The lowest BCUT2D eigenvalue weighted by Gasteiger charge is -2.23. The van der Waals surface area contributed by atoms with E-state index < -0.39 is 17.6 Å². The third-order valence-corrected chi connectivity index (χ3v) is 5.36. The zero-order chi connectivity index (χ0) is 21.3. The van der Waals surface area contributed by atoms with Crippen LogP contribution in [0.15, 0.2) is 48.7 Å². The monoisotopic (exact) mass is 427 g/mol. The molecule has 30 heavy (non-hydrogen) atoms. The quantitative estimate of drug-likeness (QED) is 0.625. The summed E-state index contributed by atoms with van der Waals surface area (Å²) in [7, 11) is 1.84. The maximum Gasteiger partial charge on any atom is 0.234 e. The largest absolute Gasteiger partial charge is 0.487 e. The van der Waals surface area contributed by atoms with Crippen molar-refractivity contribution in [3.05, 3.63) is 70.8 Å². The Morgan fingerprint density at radius 1 is 1.20 bits per heavy atom. The van der Waals surface area contributed by atoms with Crippen LogP contribution in [0.1, 0.15) is 30.0 Å². The van der Waals surface area contributed by atoms with E-state index in [1.165, 1.54) is 0 Å². The molecule has 1 saturated heterocycles. The van der Waals surface area contributed by atoms with Crippen molar-refractivity contribution in [2.45, 2.75) is 25.4 Å². The Kier molecular flexibility index (Phi) is 5.55. The molecule has 2 amide bonds. The third kappa shape index (κ3) is 4.07. The number of aryl methyl sites for hydroxylation is 1. The molecule has 2 aromatic carbocycles. The van der Waals surface area contributed by atoms with E-state index in [0.717, 1.165) is 5.69 Å². The molecule has 1 unspecified atom stereocenters. The number of halogens is 2. The highest BCUT2D eigenvalue weighted by Gasteiger charge is 2.32. The lowest BCUT2D eigenvalue weighted by Crippen LogP contribution is -2.39. The van der Waals surface area contributed by atoms with Gasteiger partial charge in [0.25, 0.3) is 0 Å². The second-order valence-electron chi connectivity index (χ2n) is 7.12. The molecule has 4 rings (SSSR count). The molecule has 3 aromatic rings. The van der Waals surface area contributed by atoms with Crippen molar-refractivity contribution < 1.29 is 18.7 Å². The number of hydrogen-bond acceptors (Lipinski definition) is 4. The lowest BCUT2D eigenvalue weighted by atomic mass is 9.88. The predicted molar refractivity (Wildman–Crippen MR) is 110 cm³/mol. The number of carbonyl (C=O) groups excluding carboxylic acids is 2. The number of benzene rings is 2. The molecule has 154 valence electrons. The molecule has 1 atom stereocenters. The Morgan fingerprint density at radius 2 is 1.97 bits per heavy atom. The molecule has 0 saturated carbocycles. The molecule has 1 aromatic heterocycles. The Morgan fingerprint density at radius 3 is 2.63 bits per heavy atom. The maximum atomic E-state index is 15.4. The molecule has 0 spiro atoms. The molecule has 1 aliphatic rings. The van der Waals surface area contributed by atoms with E-state index in [9.17, 15) is 9.59 Å². The SMILES string of the molecule is Cn1ccc(COc2ccc(-c3ccc(Cl)c(C4CCC(=O)NC4=O)c3F)cc2)n1. The molecule has 0 aliphatic carbocycles. The maximum absolute atomic E-state index is 15.4. The smallest absolute Gasteiger partial charge is 0.234 e. The summed E-state index contributed by atoms with van der Waals surface area (Å²) in [6, 6.07) is 12.0. The van der Waals surface area contributed by atoms with Crippen LogP contribution in [0.25, 0.3) is 11.1 Å². The number of aromatic nitrogens is 2. The number of carbonyl (C=O) groups is 2. The fraction of sp³-hybridized carbons (Fsp3) is 0.227. The van der Waals surface area contributed by atoms with Crippen molar-refractivity contribution in [1.82, 2.24) is 15.1 Å². The van der Waals surface area contributed by atoms with Gasteiger partial charge >= 0.3 is 0 Å². The normalized spacial score (nSPS) is 16.4. The van der Waals surface area contributed by atoms with Gasteiger partial charge in [-0.2, -0.15) is 5.10 Å². The van der Waals surface area contributed by atoms with E-state index in [0.29, 0.717) is 23.5 Å². The van der Waals surface area contributed by atoms with E-state index in [2.05, 4.69) is 10.4 Å². The number of piperidine rings is 1. The van der Waals surface area contributed by atoms with Crippen molar-refractivity contribution in [2.75, 3.05) is 0 Å². The molecule has 8 heteroatoms. The van der Waals surface area contributed by atoms with Gasteiger partial charge < -0.3 is 4.74 Å². The van der Waals surface area contributed by atoms with Crippen LogP contribution < -0.4 is 10.1 Å². The second-order valence-corrected chi connectivity index (χ2v) is 7.53. The molecule has 6 nitrogen and oxygen atoms in total. The first-order chi connectivity index (χ1) is 14.4. The molecule has 0 radical (unpaired) electrons. The third-order valence-electron chi connectivity index (χ3n) is 5.04. The summed E-state index contributed by atoms with van der Waals surface area (Å²) < 4.78 is 22.8. The van der Waals surface area contributed by atoms with Crippen LogP contribution >= 0.6 is 11.6 Å². The molecule has 1 fully saturated rings. The Bertz CT molecular complexity index is 1110. The van der Waals surface area contributed by atoms with Crippen LogP contribution in [0, 0.1) is 5.82 Å². The van der Waals surface area contributed by atoms with E-state index in [1.54, 1.807) is 41.1 Å². The molecule has 2 heterocycles. The number of rotatable bonds is 5. The molecular formula is C22H19ClFN3O3. The van der Waals surface area contributed by atoms with E-state index >= 15 is 4.39 Å². The number of hydrogen-bond donors (Lipinski definition) is 1. The van der Waals surface area contributed by atoms with Gasteiger partial charge in [-0.1, -0.05) is 23.7 Å². The second kappa shape index (κ2) is 8.28. The van der Waals surface area contributed by atoms with Gasteiger partial charge in [-0.05, 0) is 42.3 Å². The minimum absolute atomic E-state index is 0.120. The number of nitrogens with one attached hydrogen (secondary N) is 1. The highest BCUT2D eigenvalue weighted by Crippen LogP contribution is 2.37. The Labute approximate surface area is 177 Å². The number of ether oxygens (including phenoxy) is 1. The van der Waals surface area contributed by atoms with Crippen molar-refractivity contribution in [2.24, 2.45) is 7.05 Å². The predicted octanol–water partition coefficient (Wildman–Crippen LogP) is 3.98. The van der Waals surface area contributed by atoms with Gasteiger partial charge in [-0.25, -0.2) is 4.39 Å². The average Bonchev–Trinajstić information content (AvgIpc) is 3.14. The van der Waals surface area contributed by atoms with Gasteiger partial charge in [0.1, 0.15) is 18.2 Å². The van der Waals surface area contributed by atoms with Gasteiger partial charge in [0.05, 0.1) is 11.6 Å². The number of nitrogens with zero attached hydrogens (tertiary/aromatic N) is 2. The summed E-state index contributed by atoms with van der Waals surface area (Å²) >= 11 is 6.22. The van der Waals surface area contributed by atoms with E-state index in [1.807, 2.05) is 19.3 Å². The summed E-state index contributed by atoms with van der Waals surface area (Å²) in [5.74, 6) is -1.60. The summed E-state index contributed by atoms with van der Waals surface area (Å²) in [5, 5.41) is 6.67. The molecule has 1 N–H and O–H groups in total. The summed E-state index contributed by atoms with van der Waals surface area (Å²) in [4.78, 5) is 23.6. The van der Waals surface area contributed by atoms with Crippen molar-refractivity contribution in [3.8, 4) is 16.9 Å². The van der Waals surface area contributed by atoms with Crippen molar-refractivity contribution >= 4 is 23.4 Å². The van der Waals surface area contributed by atoms with Gasteiger partial charge in [0.15, 0.2) is 0 Å². The van der Waals surface area contributed by atoms with Crippen LogP contribution in [-0.2, 0) is 23.2 Å². The fourth-order valence-electron chi connectivity index (χ4n) is 3.51. The first-order valence-electron chi connectivity index (χ1n) is 9.45. The molecule has 1 aliphatic heterocycles. The highest BCUT2D eigenvalue weighted by molar-refractivity contribution is 6.32. The standard InChI is InChI=1S/C22H19ClFN3O3/c1-27-11-10-14(26-27)12-30-15-4-2-13(3-5-15)16-6-8-18(23)20(21(16)24)17-7-9-19(28)25-22(17)29/h2-6,8,10-11,17H,7,9,12H2,1H3,(H,25,28,29). The highest BCUT2D eigenvalue weighted by atomic mass is 35.5. The number of imide groups is 1. The minimum Gasteiger partial charge on any atom is -0.487 e. The van der Waals surface area contributed by atoms with Crippen LogP contribution in [0.5, 0.6) is 5.75 Å². The van der Waals surface area contributed by atoms with Crippen molar-refractivity contribution in [3.63, 3.8) is 0 Å². The average molecular weight is 428 g/mol. The Balaban J connectivity index is 1.56. The molecular weight excluding hydrogens is 409 g/mol. The van der Waals surface area contributed by atoms with Gasteiger partial charge in [-0.15, -0.1) is 0 Å². The lowest BCUT2D eigenvalue weighted by molar-refractivity contribution is -0.134. The summed E-state index contributed by atoms with van der Waals surface area (Å²) in [6.45, 7) is 0.329. The van der Waals surface area contributed by atoms with Crippen LogP contribution in [0.3, 0.4) is 0 Å². The van der Waals surface area contributed by atoms with Crippen molar-refractivity contribution in [1.29, 1.82) is 0 Å². The van der Waals surface area contributed by atoms with Gasteiger partial charge in [0.2, 0.25) is 11.8 Å². The van der Waals surface area contributed by atoms with Crippen LogP contribution in [-0.4, -0.2) is 21.6 Å². The van der Waals surface area contributed by atoms with E-state index in [4.69, 9.17) is 16.3 Å². The fourth-order valence-corrected chi connectivity index (χ4v) is 3.79. The first-order valence-corrected chi connectivity index (χ1v) is 9.83. The minimum atomic E-state index is -0.795. The molecule has 0 bridgehead atoms. The van der Waals surface area contributed by atoms with Gasteiger partial charge in [0, 0.05) is 35.8 Å². The first kappa shape index (κ1) is 20.1. The number of amides is 2. The zero-order valence-corrected chi connectivity index (χ0v) is 16.9. The van der Waals surface area contributed by atoms with Crippen LogP contribution in [0.4, 0.5) is 4.39 Å². The van der Waals surface area contributed by atoms with Gasteiger partial charge in [-0.3, -0.25) is 19.6 Å². The zero-order valence-electron chi connectivity index (χ0n) is 16.2. The topological polar surface area (TPSA) is 73.2 Å². The summed E-state index contributed by atoms with van der Waals surface area (Å²) in [5.41, 5.74) is 1.88. The van der Waals surface area contributed by atoms with E-state index in [-0.39, 0.29) is 29.3 Å². The Hall–Kier alpha value is -3.19. The summed E-state index contributed by atoms with van der Waals surface area (Å²) in [6.07, 6.45) is 2.22. The van der Waals surface area contributed by atoms with Crippen LogP contribution in [0.2, 0.25) is 5.02 Å².